The standard InChI is InChI=1S/C15H22FNOS/c1-18-15-3-2-12(10-14(15)16)9-13(17)8-11-4-6-19-7-5-11/h2-3,10-11,13H,4-9,17H2,1H3. The average Bonchev–Trinajstić information content (AvgIpc) is 2.40. The Labute approximate surface area is 118 Å². The summed E-state index contributed by atoms with van der Waals surface area (Å²) >= 11 is 2.03. The lowest BCUT2D eigenvalue weighted by atomic mass is 9.91. The number of methoxy groups -OCH3 is 1. The number of thioether (sulfide) groups is 1. The average molecular weight is 283 g/mol. The first-order valence-corrected chi connectivity index (χ1v) is 8.00. The van der Waals surface area contributed by atoms with Crippen molar-refractivity contribution in [2.24, 2.45) is 11.7 Å². The summed E-state index contributed by atoms with van der Waals surface area (Å²) in [5.74, 6) is 3.26. The van der Waals surface area contributed by atoms with Crippen LogP contribution in [0.5, 0.6) is 5.75 Å². The van der Waals surface area contributed by atoms with Crippen molar-refractivity contribution in [2.75, 3.05) is 18.6 Å². The van der Waals surface area contributed by atoms with Crippen LogP contribution in [0.2, 0.25) is 0 Å². The van der Waals surface area contributed by atoms with Crippen molar-refractivity contribution in [3.05, 3.63) is 29.6 Å². The van der Waals surface area contributed by atoms with Gasteiger partial charge in [0.25, 0.3) is 0 Å². The zero-order valence-corrected chi connectivity index (χ0v) is 12.2. The number of halogens is 1. The van der Waals surface area contributed by atoms with E-state index < -0.39 is 0 Å². The van der Waals surface area contributed by atoms with Gasteiger partial charge in [0.05, 0.1) is 7.11 Å². The summed E-state index contributed by atoms with van der Waals surface area (Å²) in [6, 6.07) is 5.24. The summed E-state index contributed by atoms with van der Waals surface area (Å²) in [4.78, 5) is 0. The van der Waals surface area contributed by atoms with Crippen LogP contribution < -0.4 is 10.5 Å². The van der Waals surface area contributed by atoms with E-state index in [0.29, 0.717) is 5.75 Å². The van der Waals surface area contributed by atoms with Gasteiger partial charge in [-0.2, -0.15) is 11.8 Å². The predicted molar refractivity (Wildman–Crippen MR) is 79.3 cm³/mol. The molecule has 0 spiro atoms. The van der Waals surface area contributed by atoms with Gasteiger partial charge in [-0.05, 0) is 60.8 Å². The largest absolute Gasteiger partial charge is 0.494 e. The van der Waals surface area contributed by atoms with Crippen molar-refractivity contribution in [1.29, 1.82) is 0 Å². The van der Waals surface area contributed by atoms with Gasteiger partial charge in [-0.25, -0.2) is 4.39 Å². The Morgan fingerprint density at radius 2 is 2.16 bits per heavy atom. The van der Waals surface area contributed by atoms with Gasteiger partial charge in [-0.3, -0.25) is 0 Å². The predicted octanol–water partition coefficient (Wildman–Crippen LogP) is 3.24. The van der Waals surface area contributed by atoms with Crippen LogP contribution in [0.15, 0.2) is 18.2 Å². The maximum Gasteiger partial charge on any atom is 0.165 e. The molecule has 2 rings (SSSR count). The van der Waals surface area contributed by atoms with Crippen LogP contribution >= 0.6 is 11.8 Å². The molecule has 0 bridgehead atoms. The van der Waals surface area contributed by atoms with Gasteiger partial charge in [-0.1, -0.05) is 6.07 Å². The molecule has 1 heterocycles. The summed E-state index contributed by atoms with van der Waals surface area (Å²) in [6.07, 6.45) is 4.34. The van der Waals surface area contributed by atoms with E-state index >= 15 is 0 Å². The molecular formula is C15H22FNOS. The molecule has 0 aromatic heterocycles. The lowest BCUT2D eigenvalue weighted by Crippen LogP contribution is -2.27. The fourth-order valence-electron chi connectivity index (χ4n) is 2.63. The molecule has 1 aromatic rings. The van der Waals surface area contributed by atoms with Crippen LogP contribution in [-0.2, 0) is 6.42 Å². The molecule has 1 atom stereocenters. The maximum atomic E-state index is 13.6. The van der Waals surface area contributed by atoms with Crippen molar-refractivity contribution >= 4 is 11.8 Å². The first kappa shape index (κ1) is 14.7. The zero-order chi connectivity index (χ0) is 13.7. The lowest BCUT2D eigenvalue weighted by molar-refractivity contribution is 0.385. The third-order valence-corrected chi connectivity index (χ3v) is 4.74. The van der Waals surface area contributed by atoms with Crippen LogP contribution in [0.1, 0.15) is 24.8 Å². The van der Waals surface area contributed by atoms with E-state index in [1.54, 1.807) is 6.07 Å². The van der Waals surface area contributed by atoms with E-state index in [9.17, 15) is 4.39 Å². The molecule has 0 amide bonds. The highest BCUT2D eigenvalue weighted by molar-refractivity contribution is 7.99. The van der Waals surface area contributed by atoms with E-state index in [0.717, 1.165) is 24.3 Å². The SMILES string of the molecule is COc1ccc(CC(N)CC2CCSCC2)cc1F. The molecular weight excluding hydrogens is 261 g/mol. The number of hydrogen-bond donors (Lipinski definition) is 1. The Balaban J connectivity index is 1.87. The van der Waals surface area contributed by atoms with Crippen molar-refractivity contribution < 1.29 is 9.13 Å². The number of rotatable bonds is 5. The minimum atomic E-state index is -0.304. The van der Waals surface area contributed by atoms with Gasteiger partial charge in [0, 0.05) is 6.04 Å². The smallest absolute Gasteiger partial charge is 0.165 e. The van der Waals surface area contributed by atoms with E-state index in [-0.39, 0.29) is 11.9 Å². The van der Waals surface area contributed by atoms with Crippen LogP contribution in [0, 0.1) is 11.7 Å². The minimum Gasteiger partial charge on any atom is -0.494 e. The van der Waals surface area contributed by atoms with Gasteiger partial charge >= 0.3 is 0 Å². The Kier molecular flexibility index (Phi) is 5.52. The molecule has 1 unspecified atom stereocenters. The third-order valence-electron chi connectivity index (χ3n) is 3.69. The molecule has 0 aliphatic carbocycles. The lowest BCUT2D eigenvalue weighted by Gasteiger charge is -2.24. The van der Waals surface area contributed by atoms with Crippen molar-refractivity contribution in [3.63, 3.8) is 0 Å². The molecule has 1 aliphatic rings. The van der Waals surface area contributed by atoms with Crippen LogP contribution in [-0.4, -0.2) is 24.7 Å². The zero-order valence-electron chi connectivity index (χ0n) is 11.4. The molecule has 1 aromatic carbocycles. The fraction of sp³-hybridized carbons (Fsp3) is 0.600. The number of ether oxygens (including phenoxy) is 1. The van der Waals surface area contributed by atoms with Crippen LogP contribution in [0.25, 0.3) is 0 Å². The highest BCUT2D eigenvalue weighted by Crippen LogP contribution is 2.27. The van der Waals surface area contributed by atoms with Gasteiger partial charge < -0.3 is 10.5 Å². The Bertz CT molecular complexity index is 407. The highest BCUT2D eigenvalue weighted by Gasteiger charge is 2.17. The Morgan fingerprint density at radius 1 is 1.42 bits per heavy atom. The second kappa shape index (κ2) is 7.15. The number of nitrogens with two attached hydrogens (primary N) is 1. The molecule has 2 nitrogen and oxygen atoms in total. The molecule has 1 saturated heterocycles. The van der Waals surface area contributed by atoms with Crippen molar-refractivity contribution in [3.8, 4) is 5.75 Å². The minimum absolute atomic E-state index is 0.126. The normalized spacial score (nSPS) is 18.3. The second-order valence-corrected chi connectivity index (χ2v) is 6.45. The molecule has 19 heavy (non-hydrogen) atoms. The van der Waals surface area contributed by atoms with Crippen molar-refractivity contribution in [2.45, 2.75) is 31.7 Å². The number of benzene rings is 1. The summed E-state index contributed by atoms with van der Waals surface area (Å²) in [5, 5.41) is 0. The van der Waals surface area contributed by atoms with Crippen LogP contribution in [0.3, 0.4) is 0 Å². The summed E-state index contributed by atoms with van der Waals surface area (Å²) in [5.41, 5.74) is 7.15. The number of hydrogen-bond acceptors (Lipinski definition) is 3. The molecule has 0 radical (unpaired) electrons. The molecule has 1 aliphatic heterocycles. The Morgan fingerprint density at radius 3 is 2.79 bits per heavy atom. The first-order chi connectivity index (χ1) is 9.19. The van der Waals surface area contributed by atoms with E-state index in [4.69, 9.17) is 10.5 Å². The van der Waals surface area contributed by atoms with E-state index in [1.165, 1.54) is 37.5 Å². The summed E-state index contributed by atoms with van der Waals surface area (Å²) in [6.45, 7) is 0. The molecule has 1 fully saturated rings. The summed E-state index contributed by atoms with van der Waals surface area (Å²) in [7, 11) is 1.48. The maximum absolute atomic E-state index is 13.6. The first-order valence-electron chi connectivity index (χ1n) is 6.84. The monoisotopic (exact) mass is 283 g/mol. The quantitative estimate of drug-likeness (QED) is 0.901. The fourth-order valence-corrected chi connectivity index (χ4v) is 3.84. The Hall–Kier alpha value is -0.740. The van der Waals surface area contributed by atoms with Gasteiger partial charge in [0.1, 0.15) is 0 Å². The summed E-state index contributed by atoms with van der Waals surface area (Å²) < 4.78 is 18.5. The van der Waals surface area contributed by atoms with E-state index in [1.807, 2.05) is 17.8 Å². The van der Waals surface area contributed by atoms with Crippen molar-refractivity contribution in [1.82, 2.24) is 0 Å². The van der Waals surface area contributed by atoms with Gasteiger partial charge in [0.15, 0.2) is 11.6 Å². The van der Waals surface area contributed by atoms with Gasteiger partial charge in [-0.15, -0.1) is 0 Å². The van der Waals surface area contributed by atoms with Crippen LogP contribution in [0.4, 0.5) is 4.39 Å². The topological polar surface area (TPSA) is 35.2 Å². The van der Waals surface area contributed by atoms with Gasteiger partial charge in [0.2, 0.25) is 0 Å². The molecule has 0 saturated carbocycles. The molecule has 4 heteroatoms. The second-order valence-electron chi connectivity index (χ2n) is 5.22. The highest BCUT2D eigenvalue weighted by atomic mass is 32.2. The van der Waals surface area contributed by atoms with E-state index in [2.05, 4.69) is 0 Å². The molecule has 2 N–H and O–H groups in total. The third kappa shape index (κ3) is 4.39. The molecule has 106 valence electrons.